The first-order valence-corrected chi connectivity index (χ1v) is 8.78. The number of benzene rings is 1. The maximum absolute atomic E-state index is 11.9. The maximum Gasteiger partial charge on any atom is 0.244 e. The molecular formula is C19H26N2O3. The van der Waals surface area contributed by atoms with Crippen LogP contribution in [0.3, 0.4) is 0 Å². The number of piperidine rings is 1. The van der Waals surface area contributed by atoms with Gasteiger partial charge in [0.2, 0.25) is 5.91 Å². The lowest BCUT2D eigenvalue weighted by Crippen LogP contribution is -2.39. The predicted octanol–water partition coefficient (Wildman–Crippen LogP) is 2.32. The zero-order valence-electron chi connectivity index (χ0n) is 14.3. The average Bonchev–Trinajstić information content (AvgIpc) is 2.60. The van der Waals surface area contributed by atoms with E-state index in [-0.39, 0.29) is 5.91 Å². The second kappa shape index (κ2) is 8.20. The summed E-state index contributed by atoms with van der Waals surface area (Å²) in [6.07, 6.45) is 5.96. The minimum absolute atomic E-state index is 0.0602. The number of amides is 1. The molecule has 3 rings (SSSR count). The van der Waals surface area contributed by atoms with Crippen molar-refractivity contribution in [1.29, 1.82) is 0 Å². The molecule has 0 aromatic heterocycles. The van der Waals surface area contributed by atoms with Crippen LogP contribution in [0.2, 0.25) is 0 Å². The van der Waals surface area contributed by atoms with Gasteiger partial charge < -0.3 is 19.7 Å². The second-order valence-electron chi connectivity index (χ2n) is 6.58. The second-order valence-corrected chi connectivity index (χ2v) is 6.58. The topological polar surface area (TPSA) is 50.8 Å². The Morgan fingerprint density at radius 1 is 1.33 bits per heavy atom. The highest BCUT2D eigenvalue weighted by Gasteiger charge is 2.15. The molecule has 0 unspecified atom stereocenters. The molecule has 1 atom stereocenters. The first-order chi connectivity index (χ1) is 11.7. The zero-order valence-corrected chi connectivity index (χ0v) is 14.3. The third-order valence-corrected chi connectivity index (χ3v) is 4.46. The largest absolute Gasteiger partial charge is 0.486 e. The molecule has 2 heterocycles. The number of nitrogens with one attached hydrogen (secondary N) is 1. The molecule has 1 aromatic carbocycles. The summed E-state index contributed by atoms with van der Waals surface area (Å²) in [7, 11) is 0. The van der Waals surface area contributed by atoms with Crippen molar-refractivity contribution < 1.29 is 14.3 Å². The van der Waals surface area contributed by atoms with Gasteiger partial charge in [-0.2, -0.15) is 0 Å². The van der Waals surface area contributed by atoms with Gasteiger partial charge in [0.1, 0.15) is 13.2 Å². The van der Waals surface area contributed by atoms with Crippen molar-refractivity contribution in [2.24, 2.45) is 5.92 Å². The first-order valence-electron chi connectivity index (χ1n) is 8.78. The van der Waals surface area contributed by atoms with Crippen molar-refractivity contribution in [3.63, 3.8) is 0 Å². The van der Waals surface area contributed by atoms with Gasteiger partial charge in [0.25, 0.3) is 0 Å². The molecule has 0 bridgehead atoms. The SMILES string of the molecule is C[C@H]1CCCN(CCNC(=O)/C=C/c2ccc3c(c2)OCCO3)C1. The van der Waals surface area contributed by atoms with Crippen LogP contribution in [0.1, 0.15) is 25.3 Å². The molecule has 130 valence electrons. The number of hydrogen-bond donors (Lipinski definition) is 1. The summed E-state index contributed by atoms with van der Waals surface area (Å²) in [6.45, 7) is 7.35. The highest BCUT2D eigenvalue weighted by Crippen LogP contribution is 2.31. The van der Waals surface area contributed by atoms with E-state index in [4.69, 9.17) is 9.47 Å². The van der Waals surface area contributed by atoms with Gasteiger partial charge in [0, 0.05) is 25.7 Å². The van der Waals surface area contributed by atoms with Gasteiger partial charge in [0.15, 0.2) is 11.5 Å². The molecule has 5 nitrogen and oxygen atoms in total. The molecule has 1 aromatic rings. The Hall–Kier alpha value is -2.01. The van der Waals surface area contributed by atoms with E-state index in [1.165, 1.54) is 12.8 Å². The van der Waals surface area contributed by atoms with E-state index in [0.29, 0.717) is 19.8 Å². The monoisotopic (exact) mass is 330 g/mol. The van der Waals surface area contributed by atoms with Crippen LogP contribution < -0.4 is 14.8 Å². The number of nitrogens with zero attached hydrogens (tertiary/aromatic N) is 1. The number of carbonyl (C=O) groups is 1. The lowest BCUT2D eigenvalue weighted by molar-refractivity contribution is -0.116. The molecule has 5 heteroatoms. The summed E-state index contributed by atoms with van der Waals surface area (Å²) in [5.41, 5.74) is 0.930. The fourth-order valence-electron chi connectivity index (χ4n) is 3.22. The number of ether oxygens (including phenoxy) is 2. The molecule has 2 aliphatic heterocycles. The Morgan fingerprint density at radius 2 is 2.17 bits per heavy atom. The van der Waals surface area contributed by atoms with E-state index >= 15 is 0 Å². The van der Waals surface area contributed by atoms with Crippen LogP contribution in [-0.2, 0) is 4.79 Å². The quantitative estimate of drug-likeness (QED) is 0.842. The fraction of sp³-hybridized carbons (Fsp3) is 0.526. The molecule has 0 spiro atoms. The molecule has 0 radical (unpaired) electrons. The van der Waals surface area contributed by atoms with E-state index in [1.54, 1.807) is 12.2 Å². The van der Waals surface area contributed by atoms with Crippen molar-refractivity contribution in [3.05, 3.63) is 29.8 Å². The summed E-state index contributed by atoms with van der Waals surface area (Å²) in [5, 5.41) is 2.95. The number of carbonyl (C=O) groups excluding carboxylic acids is 1. The Labute approximate surface area is 143 Å². The van der Waals surface area contributed by atoms with Crippen LogP contribution in [0.5, 0.6) is 11.5 Å². The molecule has 1 fully saturated rings. The van der Waals surface area contributed by atoms with Gasteiger partial charge >= 0.3 is 0 Å². The Balaban J connectivity index is 1.43. The van der Waals surface area contributed by atoms with Crippen LogP contribution in [-0.4, -0.2) is 50.2 Å². The molecule has 0 aliphatic carbocycles. The number of fused-ring (bicyclic) bond motifs is 1. The predicted molar refractivity (Wildman–Crippen MR) is 94.3 cm³/mol. The van der Waals surface area contributed by atoms with Crippen molar-refractivity contribution in [1.82, 2.24) is 10.2 Å². The minimum atomic E-state index is -0.0602. The molecule has 24 heavy (non-hydrogen) atoms. The molecule has 0 saturated carbocycles. The van der Waals surface area contributed by atoms with Crippen LogP contribution in [0, 0.1) is 5.92 Å². The van der Waals surface area contributed by atoms with Gasteiger partial charge in [-0.1, -0.05) is 13.0 Å². The zero-order chi connectivity index (χ0) is 16.8. The van der Waals surface area contributed by atoms with Gasteiger partial charge in [0.05, 0.1) is 0 Å². The van der Waals surface area contributed by atoms with Crippen LogP contribution in [0.15, 0.2) is 24.3 Å². The van der Waals surface area contributed by atoms with Gasteiger partial charge in [-0.3, -0.25) is 4.79 Å². The van der Waals surface area contributed by atoms with E-state index < -0.39 is 0 Å². The van der Waals surface area contributed by atoms with E-state index in [9.17, 15) is 4.79 Å². The molecular weight excluding hydrogens is 304 g/mol. The molecule has 2 aliphatic rings. The van der Waals surface area contributed by atoms with Gasteiger partial charge in [-0.15, -0.1) is 0 Å². The van der Waals surface area contributed by atoms with Gasteiger partial charge in [-0.05, 0) is 49.1 Å². The Morgan fingerprint density at radius 3 is 3.00 bits per heavy atom. The number of likely N-dealkylation sites (tertiary alicyclic amines) is 1. The normalized spacial score (nSPS) is 21.0. The van der Waals surface area contributed by atoms with E-state index in [2.05, 4.69) is 17.1 Å². The number of hydrogen-bond acceptors (Lipinski definition) is 4. The lowest BCUT2D eigenvalue weighted by atomic mass is 10.0. The molecule has 1 N–H and O–H groups in total. The standard InChI is InChI=1S/C19H26N2O3/c1-15-3-2-9-21(14-15)10-8-20-19(22)7-5-16-4-6-17-18(13-16)24-12-11-23-17/h4-7,13,15H,2-3,8-12,14H2,1H3,(H,20,22)/b7-5+/t15-/m0/s1. The van der Waals surface area contributed by atoms with Crippen molar-refractivity contribution >= 4 is 12.0 Å². The van der Waals surface area contributed by atoms with Crippen LogP contribution >= 0.6 is 0 Å². The minimum Gasteiger partial charge on any atom is -0.486 e. The summed E-state index contributed by atoms with van der Waals surface area (Å²) in [6, 6.07) is 5.70. The summed E-state index contributed by atoms with van der Waals surface area (Å²) in [5.74, 6) is 2.21. The van der Waals surface area contributed by atoms with E-state index in [1.807, 2.05) is 18.2 Å². The van der Waals surface area contributed by atoms with Crippen molar-refractivity contribution in [2.75, 3.05) is 39.4 Å². The van der Waals surface area contributed by atoms with Crippen molar-refractivity contribution in [2.45, 2.75) is 19.8 Å². The first kappa shape index (κ1) is 16.8. The lowest BCUT2D eigenvalue weighted by Gasteiger charge is -2.30. The fourth-order valence-corrected chi connectivity index (χ4v) is 3.22. The summed E-state index contributed by atoms with van der Waals surface area (Å²) in [4.78, 5) is 14.4. The summed E-state index contributed by atoms with van der Waals surface area (Å²) >= 11 is 0. The van der Waals surface area contributed by atoms with Gasteiger partial charge in [-0.25, -0.2) is 0 Å². The third-order valence-electron chi connectivity index (χ3n) is 4.46. The van der Waals surface area contributed by atoms with Crippen LogP contribution in [0.25, 0.3) is 6.08 Å². The van der Waals surface area contributed by atoms with E-state index in [0.717, 1.165) is 42.6 Å². The number of rotatable bonds is 5. The summed E-state index contributed by atoms with van der Waals surface area (Å²) < 4.78 is 11.0. The molecule has 1 saturated heterocycles. The smallest absolute Gasteiger partial charge is 0.244 e. The maximum atomic E-state index is 11.9. The third kappa shape index (κ3) is 4.74. The average molecular weight is 330 g/mol. The van der Waals surface area contributed by atoms with Crippen molar-refractivity contribution in [3.8, 4) is 11.5 Å². The highest BCUT2D eigenvalue weighted by molar-refractivity contribution is 5.91. The highest BCUT2D eigenvalue weighted by atomic mass is 16.6. The molecule has 1 amide bonds. The van der Waals surface area contributed by atoms with Crippen LogP contribution in [0.4, 0.5) is 0 Å². The Kier molecular flexibility index (Phi) is 5.75. The Bertz CT molecular complexity index is 600.